The monoisotopic (exact) mass is 499 g/mol. The maximum atomic E-state index is 13.7. The molecule has 3 aromatic rings. The molecule has 0 N–H and O–H groups in total. The topological polar surface area (TPSA) is 82.2 Å². The normalized spacial score (nSPS) is 14.0. The van der Waals surface area contributed by atoms with Crippen molar-refractivity contribution in [2.45, 2.75) is 59.8 Å². The third kappa shape index (κ3) is 5.60. The Morgan fingerprint density at radius 3 is 2.35 bits per heavy atom. The molecule has 0 unspecified atom stereocenters. The van der Waals surface area contributed by atoms with Crippen LogP contribution < -0.4 is 0 Å². The van der Waals surface area contributed by atoms with Gasteiger partial charge in [0.25, 0.3) is 0 Å². The Morgan fingerprint density at radius 1 is 1.05 bits per heavy atom. The number of hydrogen-bond donors (Lipinski definition) is 0. The lowest BCUT2D eigenvalue weighted by Gasteiger charge is -2.25. The number of fused-ring (bicyclic) bond motifs is 1. The summed E-state index contributed by atoms with van der Waals surface area (Å²) in [5.41, 5.74) is 6.42. The zero-order chi connectivity index (χ0) is 26.5. The number of amides is 1. The fourth-order valence-corrected chi connectivity index (χ4v) is 5.43. The molecule has 194 valence electrons. The lowest BCUT2D eigenvalue weighted by molar-refractivity contribution is -0.130. The number of aryl methyl sites for hydroxylation is 2. The van der Waals surface area contributed by atoms with Gasteiger partial charge in [-0.3, -0.25) is 19.5 Å². The molecular weight excluding hydrogens is 462 g/mol. The van der Waals surface area contributed by atoms with E-state index >= 15 is 0 Å². The van der Waals surface area contributed by atoms with Gasteiger partial charge >= 0.3 is 0 Å². The van der Waals surface area contributed by atoms with Crippen LogP contribution in [0, 0.1) is 25.2 Å². The van der Waals surface area contributed by atoms with Crippen LogP contribution in [0.3, 0.4) is 0 Å². The zero-order valence-corrected chi connectivity index (χ0v) is 22.5. The SMILES string of the molecule is CCN(CC)C(=O)CCc1cc2c(nc1C)c(C(=O)CN1CCCCC1)c(C)n2-c1ccc(C#N)cc1. The molecule has 1 aromatic carbocycles. The van der Waals surface area contributed by atoms with Gasteiger partial charge in [0, 0.05) is 36.6 Å². The lowest BCUT2D eigenvalue weighted by atomic mass is 10.0. The number of pyridine rings is 1. The number of piperidine rings is 1. The molecule has 0 bridgehead atoms. The van der Waals surface area contributed by atoms with Crippen molar-refractivity contribution < 1.29 is 9.59 Å². The summed E-state index contributed by atoms with van der Waals surface area (Å²) in [7, 11) is 0. The molecule has 1 fully saturated rings. The first kappa shape index (κ1) is 26.6. The predicted molar refractivity (Wildman–Crippen MR) is 146 cm³/mol. The number of carbonyl (C=O) groups is 2. The van der Waals surface area contributed by atoms with Gasteiger partial charge in [0.2, 0.25) is 5.91 Å². The van der Waals surface area contributed by atoms with Crippen molar-refractivity contribution in [3.8, 4) is 11.8 Å². The van der Waals surface area contributed by atoms with E-state index in [1.54, 1.807) is 12.1 Å². The number of nitrogens with zero attached hydrogens (tertiary/aromatic N) is 5. The van der Waals surface area contributed by atoms with E-state index in [9.17, 15) is 14.9 Å². The summed E-state index contributed by atoms with van der Waals surface area (Å²) in [5, 5.41) is 9.26. The number of hydrogen-bond acceptors (Lipinski definition) is 5. The van der Waals surface area contributed by atoms with Gasteiger partial charge in [-0.2, -0.15) is 5.26 Å². The number of benzene rings is 1. The molecule has 0 radical (unpaired) electrons. The summed E-state index contributed by atoms with van der Waals surface area (Å²) < 4.78 is 2.07. The van der Waals surface area contributed by atoms with Crippen molar-refractivity contribution in [2.75, 3.05) is 32.7 Å². The van der Waals surface area contributed by atoms with Crippen LogP contribution in [-0.4, -0.2) is 63.8 Å². The average Bonchev–Trinajstić information content (AvgIpc) is 3.19. The second-order valence-corrected chi connectivity index (χ2v) is 9.88. The smallest absolute Gasteiger partial charge is 0.222 e. The van der Waals surface area contributed by atoms with Gasteiger partial charge in [-0.25, -0.2) is 0 Å². The maximum absolute atomic E-state index is 13.7. The minimum atomic E-state index is 0.0909. The van der Waals surface area contributed by atoms with Crippen LogP contribution in [0.25, 0.3) is 16.7 Å². The van der Waals surface area contributed by atoms with Crippen LogP contribution in [0.5, 0.6) is 0 Å². The third-order valence-corrected chi connectivity index (χ3v) is 7.55. The second kappa shape index (κ2) is 11.7. The first-order valence-corrected chi connectivity index (χ1v) is 13.4. The van der Waals surface area contributed by atoms with Crippen molar-refractivity contribution in [2.24, 2.45) is 0 Å². The van der Waals surface area contributed by atoms with Crippen molar-refractivity contribution in [3.05, 3.63) is 58.4 Å². The van der Waals surface area contributed by atoms with Crippen molar-refractivity contribution in [1.29, 1.82) is 5.26 Å². The molecule has 4 rings (SSSR count). The summed E-state index contributed by atoms with van der Waals surface area (Å²) in [4.78, 5) is 35.4. The molecular formula is C30H37N5O2. The molecule has 1 saturated heterocycles. The predicted octanol–water partition coefficient (Wildman–Crippen LogP) is 4.98. The van der Waals surface area contributed by atoms with Crippen molar-refractivity contribution >= 4 is 22.7 Å². The van der Waals surface area contributed by atoms with E-state index in [0.717, 1.165) is 54.1 Å². The average molecular weight is 500 g/mol. The molecule has 0 saturated carbocycles. The Morgan fingerprint density at radius 2 is 1.73 bits per heavy atom. The minimum Gasteiger partial charge on any atom is -0.343 e. The first-order valence-electron chi connectivity index (χ1n) is 13.4. The quantitative estimate of drug-likeness (QED) is 0.388. The van der Waals surface area contributed by atoms with E-state index in [-0.39, 0.29) is 11.7 Å². The fourth-order valence-electron chi connectivity index (χ4n) is 5.43. The Bertz CT molecular complexity index is 1320. The van der Waals surface area contributed by atoms with E-state index in [1.165, 1.54) is 6.42 Å². The first-order chi connectivity index (χ1) is 17.9. The summed E-state index contributed by atoms with van der Waals surface area (Å²) in [6.45, 7) is 11.6. The highest BCUT2D eigenvalue weighted by Gasteiger charge is 2.25. The van der Waals surface area contributed by atoms with Crippen LogP contribution in [0.1, 0.15) is 72.4 Å². The Labute approximate surface area is 219 Å². The number of ketones is 1. The van der Waals surface area contributed by atoms with Gasteiger partial charge in [-0.05, 0) is 95.9 Å². The molecule has 2 aromatic heterocycles. The highest BCUT2D eigenvalue weighted by atomic mass is 16.2. The van der Waals surface area contributed by atoms with Crippen LogP contribution in [-0.2, 0) is 11.2 Å². The Kier molecular flexibility index (Phi) is 8.40. The van der Waals surface area contributed by atoms with Gasteiger partial charge in [-0.15, -0.1) is 0 Å². The number of aromatic nitrogens is 2. The molecule has 0 spiro atoms. The molecule has 1 amide bonds. The molecule has 7 nitrogen and oxygen atoms in total. The summed E-state index contributed by atoms with van der Waals surface area (Å²) in [5.74, 6) is 0.230. The summed E-state index contributed by atoms with van der Waals surface area (Å²) >= 11 is 0. The molecule has 1 aliphatic rings. The largest absolute Gasteiger partial charge is 0.343 e. The Hall–Kier alpha value is -3.50. The van der Waals surface area contributed by atoms with Gasteiger partial charge in [-0.1, -0.05) is 6.42 Å². The number of rotatable bonds is 9. The molecule has 7 heteroatoms. The molecule has 0 atom stereocenters. The second-order valence-electron chi connectivity index (χ2n) is 9.88. The fraction of sp³-hybridized carbons (Fsp3) is 0.467. The van der Waals surface area contributed by atoms with Crippen molar-refractivity contribution in [1.82, 2.24) is 19.4 Å². The highest BCUT2D eigenvalue weighted by Crippen LogP contribution is 2.31. The minimum absolute atomic E-state index is 0.0909. The van der Waals surface area contributed by atoms with E-state index in [1.807, 2.05) is 44.7 Å². The maximum Gasteiger partial charge on any atom is 0.222 e. The number of carbonyl (C=O) groups excluding carboxylic acids is 2. The standard InChI is InChI=1S/C30H37N5O2/c1-5-34(6-2)28(37)15-12-24-18-26-30(32-21(24)3)29(27(36)20-33-16-8-7-9-17-33)22(4)35(26)25-13-10-23(19-31)11-14-25/h10-11,13-14,18H,5-9,12,15-17,20H2,1-4H3. The van der Waals surface area contributed by atoms with Crippen molar-refractivity contribution in [3.63, 3.8) is 0 Å². The van der Waals surface area contributed by atoms with Crippen LogP contribution in [0.15, 0.2) is 30.3 Å². The van der Waals surface area contributed by atoms with Gasteiger partial charge in [0.1, 0.15) is 0 Å². The molecule has 1 aliphatic heterocycles. The number of likely N-dealkylation sites (tertiary alicyclic amines) is 1. The Balaban J connectivity index is 1.78. The summed E-state index contributed by atoms with van der Waals surface area (Å²) in [6.07, 6.45) is 4.51. The lowest BCUT2D eigenvalue weighted by Crippen LogP contribution is -2.34. The highest BCUT2D eigenvalue weighted by molar-refractivity contribution is 6.09. The van der Waals surface area contributed by atoms with Crippen LogP contribution >= 0.6 is 0 Å². The van der Waals surface area contributed by atoms with E-state index < -0.39 is 0 Å². The molecule has 37 heavy (non-hydrogen) atoms. The van der Waals surface area contributed by atoms with Gasteiger partial charge in [0.15, 0.2) is 5.78 Å². The van der Waals surface area contributed by atoms with E-state index in [2.05, 4.69) is 21.6 Å². The molecule has 0 aliphatic carbocycles. The third-order valence-electron chi connectivity index (χ3n) is 7.55. The van der Waals surface area contributed by atoms with Gasteiger partial charge in [0.05, 0.1) is 34.8 Å². The summed E-state index contributed by atoms with van der Waals surface area (Å²) in [6, 6.07) is 11.7. The van der Waals surface area contributed by atoms with E-state index in [0.29, 0.717) is 49.1 Å². The zero-order valence-electron chi connectivity index (χ0n) is 22.5. The van der Waals surface area contributed by atoms with E-state index in [4.69, 9.17) is 4.98 Å². The van der Waals surface area contributed by atoms with Crippen LogP contribution in [0.2, 0.25) is 0 Å². The van der Waals surface area contributed by atoms with Crippen LogP contribution in [0.4, 0.5) is 0 Å². The van der Waals surface area contributed by atoms with Gasteiger partial charge < -0.3 is 9.47 Å². The number of nitriles is 1. The molecule has 3 heterocycles. The number of Topliss-reactive ketones (excluding diaryl/α,β-unsaturated/α-hetero) is 1.